The summed E-state index contributed by atoms with van der Waals surface area (Å²) in [5.41, 5.74) is 1.65. The van der Waals surface area contributed by atoms with Crippen molar-refractivity contribution >= 4 is 5.91 Å². The molecular formula is C18H24FN3O2. The molecule has 1 saturated heterocycles. The zero-order valence-corrected chi connectivity index (χ0v) is 13.8. The molecule has 1 aromatic rings. The van der Waals surface area contributed by atoms with Gasteiger partial charge in [0.1, 0.15) is 11.9 Å². The van der Waals surface area contributed by atoms with E-state index in [1.165, 1.54) is 11.6 Å². The zero-order chi connectivity index (χ0) is 16.8. The van der Waals surface area contributed by atoms with E-state index in [0.717, 1.165) is 19.5 Å². The highest BCUT2D eigenvalue weighted by Crippen LogP contribution is 2.24. The normalized spacial score (nSPS) is 20.3. The highest BCUT2D eigenvalue weighted by atomic mass is 19.1. The third kappa shape index (κ3) is 4.20. The van der Waals surface area contributed by atoms with Gasteiger partial charge in [-0.2, -0.15) is 0 Å². The quantitative estimate of drug-likeness (QED) is 0.796. The fourth-order valence-electron chi connectivity index (χ4n) is 3.16. The second-order valence-corrected chi connectivity index (χ2v) is 6.11. The molecule has 0 aromatic heterocycles. The first-order chi connectivity index (χ1) is 11.8. The molecule has 1 unspecified atom stereocenters. The maximum absolute atomic E-state index is 14.3. The number of morpholine rings is 1. The van der Waals surface area contributed by atoms with Crippen molar-refractivity contribution in [2.45, 2.75) is 12.5 Å². The van der Waals surface area contributed by atoms with E-state index in [9.17, 15) is 9.18 Å². The first-order valence-corrected chi connectivity index (χ1v) is 8.48. The summed E-state index contributed by atoms with van der Waals surface area (Å²) in [6, 6.07) is 5.91. The Morgan fingerprint density at radius 1 is 1.33 bits per heavy atom. The van der Waals surface area contributed by atoms with E-state index in [1.807, 2.05) is 4.90 Å². The molecule has 2 heterocycles. The molecule has 2 aliphatic heterocycles. The Kier molecular flexibility index (Phi) is 5.96. The van der Waals surface area contributed by atoms with Crippen LogP contribution < -0.4 is 10.6 Å². The summed E-state index contributed by atoms with van der Waals surface area (Å²) in [5.74, 6) is -0.494. The van der Waals surface area contributed by atoms with Crippen LogP contribution in [0.4, 0.5) is 4.39 Å². The molecule has 0 spiro atoms. The van der Waals surface area contributed by atoms with Gasteiger partial charge in [-0.3, -0.25) is 9.69 Å². The van der Waals surface area contributed by atoms with E-state index in [1.54, 1.807) is 18.2 Å². The number of amides is 1. The average Bonchev–Trinajstić information content (AvgIpc) is 2.64. The average molecular weight is 333 g/mol. The number of hydrogen-bond donors (Lipinski definition) is 2. The first kappa shape index (κ1) is 17.1. The van der Waals surface area contributed by atoms with E-state index in [0.29, 0.717) is 38.4 Å². The third-order valence-electron chi connectivity index (χ3n) is 4.51. The number of hydrogen-bond acceptors (Lipinski definition) is 4. The molecule has 0 bridgehead atoms. The van der Waals surface area contributed by atoms with E-state index in [4.69, 9.17) is 4.74 Å². The molecule has 1 aromatic carbocycles. The molecule has 1 atom stereocenters. The lowest BCUT2D eigenvalue weighted by atomic mass is 10.0. The molecule has 3 rings (SSSR count). The molecule has 24 heavy (non-hydrogen) atoms. The highest BCUT2D eigenvalue weighted by molar-refractivity contribution is 5.83. The van der Waals surface area contributed by atoms with Crippen LogP contribution in [-0.4, -0.2) is 56.7 Å². The SMILES string of the molecule is O=C(NCC1=CCNCC1)C(c1ccccc1F)N1CCOCC1. The van der Waals surface area contributed by atoms with Gasteiger partial charge in [0.05, 0.1) is 13.2 Å². The molecule has 6 heteroatoms. The first-order valence-electron chi connectivity index (χ1n) is 8.48. The summed E-state index contributed by atoms with van der Waals surface area (Å²) in [4.78, 5) is 14.8. The summed E-state index contributed by atoms with van der Waals surface area (Å²) in [5, 5.41) is 6.24. The van der Waals surface area contributed by atoms with Crippen molar-refractivity contribution in [3.05, 3.63) is 47.3 Å². The van der Waals surface area contributed by atoms with E-state index < -0.39 is 6.04 Å². The van der Waals surface area contributed by atoms with Gasteiger partial charge in [0.15, 0.2) is 0 Å². The number of benzene rings is 1. The van der Waals surface area contributed by atoms with Crippen LogP contribution in [0.1, 0.15) is 18.0 Å². The number of carbonyl (C=O) groups excluding carboxylic acids is 1. The number of nitrogens with zero attached hydrogens (tertiary/aromatic N) is 1. The fourth-order valence-corrected chi connectivity index (χ4v) is 3.16. The molecule has 2 aliphatic rings. The molecule has 1 amide bonds. The van der Waals surface area contributed by atoms with Gasteiger partial charge in [0.25, 0.3) is 0 Å². The minimum atomic E-state index is -0.614. The Bertz CT molecular complexity index is 600. The minimum Gasteiger partial charge on any atom is -0.379 e. The smallest absolute Gasteiger partial charge is 0.242 e. The predicted molar refractivity (Wildman–Crippen MR) is 90.1 cm³/mol. The topological polar surface area (TPSA) is 53.6 Å². The predicted octanol–water partition coefficient (Wildman–Crippen LogP) is 1.23. The molecule has 0 radical (unpaired) electrons. The van der Waals surface area contributed by atoms with Gasteiger partial charge >= 0.3 is 0 Å². The van der Waals surface area contributed by atoms with E-state index in [-0.39, 0.29) is 11.7 Å². The lowest BCUT2D eigenvalue weighted by Gasteiger charge is -2.34. The van der Waals surface area contributed by atoms with Crippen LogP contribution in [0.2, 0.25) is 0 Å². The van der Waals surface area contributed by atoms with Gasteiger partial charge in [0.2, 0.25) is 5.91 Å². The Balaban J connectivity index is 1.74. The largest absolute Gasteiger partial charge is 0.379 e. The molecular weight excluding hydrogens is 309 g/mol. The number of rotatable bonds is 5. The maximum Gasteiger partial charge on any atom is 0.242 e. The Labute approximate surface area is 141 Å². The van der Waals surface area contributed by atoms with Crippen LogP contribution in [0.25, 0.3) is 0 Å². The van der Waals surface area contributed by atoms with Crippen LogP contribution in [0, 0.1) is 5.82 Å². The molecule has 2 N–H and O–H groups in total. The zero-order valence-electron chi connectivity index (χ0n) is 13.8. The van der Waals surface area contributed by atoms with Crippen molar-refractivity contribution in [3.8, 4) is 0 Å². The van der Waals surface area contributed by atoms with Crippen LogP contribution in [-0.2, 0) is 9.53 Å². The minimum absolute atomic E-state index is 0.151. The van der Waals surface area contributed by atoms with Crippen LogP contribution >= 0.6 is 0 Å². The van der Waals surface area contributed by atoms with E-state index in [2.05, 4.69) is 16.7 Å². The van der Waals surface area contributed by atoms with E-state index >= 15 is 0 Å². The Morgan fingerprint density at radius 2 is 2.12 bits per heavy atom. The van der Waals surface area contributed by atoms with Gasteiger partial charge in [-0.15, -0.1) is 0 Å². The molecule has 1 fully saturated rings. The van der Waals surface area contributed by atoms with Gasteiger partial charge in [-0.05, 0) is 19.0 Å². The second kappa shape index (κ2) is 8.37. The van der Waals surface area contributed by atoms with Crippen LogP contribution in [0.15, 0.2) is 35.9 Å². The lowest BCUT2D eigenvalue weighted by molar-refractivity contribution is -0.128. The van der Waals surface area contributed by atoms with Crippen LogP contribution in [0.5, 0.6) is 0 Å². The van der Waals surface area contributed by atoms with Gasteiger partial charge < -0.3 is 15.4 Å². The summed E-state index contributed by atoms with van der Waals surface area (Å²) >= 11 is 0. The highest BCUT2D eigenvalue weighted by Gasteiger charge is 2.30. The fraction of sp³-hybridized carbons (Fsp3) is 0.500. The molecule has 130 valence electrons. The number of carbonyl (C=O) groups is 1. The number of halogens is 1. The number of ether oxygens (including phenoxy) is 1. The Morgan fingerprint density at radius 3 is 2.83 bits per heavy atom. The van der Waals surface area contributed by atoms with Gasteiger partial charge in [-0.1, -0.05) is 29.8 Å². The third-order valence-corrected chi connectivity index (χ3v) is 4.51. The Hall–Kier alpha value is -1.76. The summed E-state index contributed by atoms with van der Waals surface area (Å²) < 4.78 is 19.7. The van der Waals surface area contributed by atoms with Crippen molar-refractivity contribution in [1.82, 2.24) is 15.5 Å². The van der Waals surface area contributed by atoms with Crippen molar-refractivity contribution < 1.29 is 13.9 Å². The molecule has 0 aliphatic carbocycles. The molecule has 0 saturated carbocycles. The monoisotopic (exact) mass is 333 g/mol. The summed E-state index contributed by atoms with van der Waals surface area (Å²) in [6.45, 7) is 4.67. The molecule has 5 nitrogen and oxygen atoms in total. The van der Waals surface area contributed by atoms with Gasteiger partial charge in [0, 0.05) is 31.7 Å². The summed E-state index contributed by atoms with van der Waals surface area (Å²) in [7, 11) is 0. The number of nitrogens with one attached hydrogen (secondary N) is 2. The maximum atomic E-state index is 14.3. The standard InChI is InChI=1S/C18H24FN3O2/c19-16-4-2-1-3-15(16)17(22-9-11-24-12-10-22)18(23)21-13-14-5-7-20-8-6-14/h1-5,17,20H,6-13H2,(H,21,23). The van der Waals surface area contributed by atoms with Crippen molar-refractivity contribution in [2.75, 3.05) is 45.9 Å². The summed E-state index contributed by atoms with van der Waals surface area (Å²) in [6.07, 6.45) is 3.04. The van der Waals surface area contributed by atoms with Crippen molar-refractivity contribution in [2.24, 2.45) is 0 Å². The van der Waals surface area contributed by atoms with Gasteiger partial charge in [-0.25, -0.2) is 4.39 Å². The van der Waals surface area contributed by atoms with Crippen molar-refractivity contribution in [3.63, 3.8) is 0 Å². The lowest BCUT2D eigenvalue weighted by Crippen LogP contribution is -2.46. The second-order valence-electron chi connectivity index (χ2n) is 6.11. The van der Waals surface area contributed by atoms with Crippen molar-refractivity contribution in [1.29, 1.82) is 0 Å². The van der Waals surface area contributed by atoms with Crippen LogP contribution in [0.3, 0.4) is 0 Å².